The van der Waals surface area contributed by atoms with Gasteiger partial charge in [-0.2, -0.15) is 0 Å². The number of ether oxygens (including phenoxy) is 1. The summed E-state index contributed by atoms with van der Waals surface area (Å²) in [5.41, 5.74) is 0.0345. The Morgan fingerprint density at radius 2 is 2.14 bits per heavy atom. The van der Waals surface area contributed by atoms with Gasteiger partial charge in [-0.25, -0.2) is 0 Å². The van der Waals surface area contributed by atoms with Gasteiger partial charge in [0.1, 0.15) is 0 Å². The summed E-state index contributed by atoms with van der Waals surface area (Å²) in [6, 6.07) is 4.72. The number of hydrogen-bond donors (Lipinski definition) is 2. The van der Waals surface area contributed by atoms with E-state index in [9.17, 15) is 15.2 Å². The molecule has 2 rings (SSSR count). The monoisotopic (exact) mass is 294 g/mol. The maximum absolute atomic E-state index is 11.0. The molecule has 0 radical (unpaired) electrons. The molecular weight excluding hydrogens is 272 g/mol. The summed E-state index contributed by atoms with van der Waals surface area (Å²) >= 11 is 0. The number of aliphatic hydroxyl groups is 1. The van der Waals surface area contributed by atoms with E-state index < -0.39 is 10.5 Å². The van der Waals surface area contributed by atoms with E-state index in [0.717, 1.165) is 37.8 Å². The average Bonchev–Trinajstić information content (AvgIpc) is 2.90. The van der Waals surface area contributed by atoms with Crippen molar-refractivity contribution in [3.8, 4) is 5.75 Å². The molecule has 6 heteroatoms. The van der Waals surface area contributed by atoms with Crippen LogP contribution in [0, 0.1) is 10.1 Å². The number of hydrogen-bond acceptors (Lipinski definition) is 5. The van der Waals surface area contributed by atoms with Crippen molar-refractivity contribution in [1.29, 1.82) is 0 Å². The van der Waals surface area contributed by atoms with Gasteiger partial charge in [-0.05, 0) is 25.3 Å². The van der Waals surface area contributed by atoms with Crippen molar-refractivity contribution < 1.29 is 14.8 Å². The first-order valence-electron chi connectivity index (χ1n) is 7.41. The van der Waals surface area contributed by atoms with E-state index in [1.54, 1.807) is 12.1 Å². The molecule has 21 heavy (non-hydrogen) atoms. The van der Waals surface area contributed by atoms with E-state index in [1.807, 2.05) is 6.92 Å². The van der Waals surface area contributed by atoms with Gasteiger partial charge in [0, 0.05) is 24.4 Å². The van der Waals surface area contributed by atoms with Crippen molar-refractivity contribution in [2.45, 2.75) is 44.6 Å². The van der Waals surface area contributed by atoms with Gasteiger partial charge in [-0.15, -0.1) is 0 Å². The van der Waals surface area contributed by atoms with Crippen molar-refractivity contribution in [2.24, 2.45) is 0 Å². The Morgan fingerprint density at radius 1 is 1.43 bits per heavy atom. The second-order valence-electron chi connectivity index (χ2n) is 5.57. The molecule has 0 saturated heterocycles. The van der Waals surface area contributed by atoms with Crippen LogP contribution in [0.3, 0.4) is 0 Å². The molecule has 2 N–H and O–H groups in total. The molecule has 1 aliphatic carbocycles. The fourth-order valence-electron chi connectivity index (χ4n) is 2.58. The zero-order valence-corrected chi connectivity index (χ0v) is 12.3. The lowest BCUT2D eigenvalue weighted by atomic mass is 10.0. The highest BCUT2D eigenvalue weighted by atomic mass is 16.6. The third kappa shape index (κ3) is 4.07. The number of anilines is 1. The lowest BCUT2D eigenvalue weighted by molar-refractivity contribution is -0.385. The first-order chi connectivity index (χ1) is 10.0. The fourth-order valence-corrected chi connectivity index (χ4v) is 2.58. The van der Waals surface area contributed by atoms with Gasteiger partial charge < -0.3 is 15.2 Å². The number of nitro benzene ring substituents is 1. The van der Waals surface area contributed by atoms with Crippen molar-refractivity contribution >= 4 is 11.4 Å². The average molecular weight is 294 g/mol. The third-order valence-electron chi connectivity index (χ3n) is 3.77. The van der Waals surface area contributed by atoms with Gasteiger partial charge in [-0.1, -0.05) is 19.8 Å². The van der Waals surface area contributed by atoms with Crippen molar-refractivity contribution in [3.05, 3.63) is 28.3 Å². The predicted octanol–water partition coefficient (Wildman–Crippen LogP) is 3.10. The SMILES string of the molecule is CCCOc1cc(NCC2(O)CCCC2)ccc1[N+](=O)[O-]. The molecule has 0 heterocycles. The number of nitro groups is 1. The summed E-state index contributed by atoms with van der Waals surface area (Å²) in [6.45, 7) is 2.84. The van der Waals surface area contributed by atoms with E-state index in [-0.39, 0.29) is 11.4 Å². The van der Waals surface area contributed by atoms with Crippen LogP contribution in [0.1, 0.15) is 39.0 Å². The molecule has 116 valence electrons. The van der Waals surface area contributed by atoms with Crippen LogP contribution in [0.5, 0.6) is 5.75 Å². The number of nitrogens with zero attached hydrogens (tertiary/aromatic N) is 1. The topological polar surface area (TPSA) is 84.6 Å². The van der Waals surface area contributed by atoms with Gasteiger partial charge in [0.2, 0.25) is 0 Å². The van der Waals surface area contributed by atoms with Crippen molar-refractivity contribution in [1.82, 2.24) is 0 Å². The fraction of sp³-hybridized carbons (Fsp3) is 0.600. The molecular formula is C15H22N2O4. The van der Waals surface area contributed by atoms with Crippen LogP contribution in [-0.2, 0) is 0 Å². The zero-order valence-electron chi connectivity index (χ0n) is 12.3. The first kappa shape index (κ1) is 15.6. The Morgan fingerprint density at radius 3 is 2.76 bits per heavy atom. The molecule has 1 aromatic carbocycles. The highest BCUT2D eigenvalue weighted by Gasteiger charge is 2.30. The lowest BCUT2D eigenvalue weighted by Gasteiger charge is -2.23. The van der Waals surface area contributed by atoms with E-state index in [1.165, 1.54) is 6.07 Å². The second-order valence-corrected chi connectivity index (χ2v) is 5.57. The van der Waals surface area contributed by atoms with Crippen LogP contribution >= 0.6 is 0 Å². The van der Waals surface area contributed by atoms with E-state index in [2.05, 4.69) is 5.32 Å². The molecule has 0 spiro atoms. The van der Waals surface area contributed by atoms with Crippen molar-refractivity contribution in [2.75, 3.05) is 18.5 Å². The quantitative estimate of drug-likeness (QED) is 0.596. The molecule has 1 saturated carbocycles. The smallest absolute Gasteiger partial charge is 0.311 e. The molecule has 6 nitrogen and oxygen atoms in total. The molecule has 0 unspecified atom stereocenters. The van der Waals surface area contributed by atoms with Crippen molar-refractivity contribution in [3.63, 3.8) is 0 Å². The summed E-state index contributed by atoms with van der Waals surface area (Å²) < 4.78 is 5.44. The normalized spacial score (nSPS) is 16.7. The molecule has 1 aromatic rings. The molecule has 0 atom stereocenters. The summed E-state index contributed by atoms with van der Waals surface area (Å²) in [4.78, 5) is 10.5. The minimum atomic E-state index is -0.661. The summed E-state index contributed by atoms with van der Waals surface area (Å²) in [6.07, 6.45) is 4.47. The van der Waals surface area contributed by atoms with Gasteiger partial charge in [0.05, 0.1) is 17.1 Å². The van der Waals surface area contributed by atoms with E-state index >= 15 is 0 Å². The third-order valence-corrected chi connectivity index (χ3v) is 3.77. The Balaban J connectivity index is 2.07. The summed E-state index contributed by atoms with van der Waals surface area (Å²) in [5, 5.41) is 24.4. The molecule has 1 aliphatic rings. The van der Waals surface area contributed by atoms with Crippen LogP contribution in [0.2, 0.25) is 0 Å². The number of rotatable bonds is 7. The van der Waals surface area contributed by atoms with Gasteiger partial charge in [-0.3, -0.25) is 10.1 Å². The minimum Gasteiger partial charge on any atom is -0.487 e. The lowest BCUT2D eigenvalue weighted by Crippen LogP contribution is -2.33. The van der Waals surface area contributed by atoms with E-state index in [0.29, 0.717) is 13.2 Å². The minimum absolute atomic E-state index is 0.0337. The standard InChI is InChI=1S/C15H22N2O4/c1-2-9-21-14-10-12(5-6-13(14)17(19)20)16-11-15(18)7-3-4-8-15/h5-6,10,16,18H,2-4,7-9,11H2,1H3. The van der Waals surface area contributed by atoms with E-state index in [4.69, 9.17) is 4.74 Å². The molecule has 0 bridgehead atoms. The molecule has 0 aliphatic heterocycles. The maximum atomic E-state index is 11.0. The van der Waals surface area contributed by atoms with Crippen LogP contribution < -0.4 is 10.1 Å². The molecule has 0 aromatic heterocycles. The highest BCUT2D eigenvalue weighted by Crippen LogP contribution is 2.32. The molecule has 0 amide bonds. The van der Waals surface area contributed by atoms with Crippen LogP contribution in [-0.4, -0.2) is 28.8 Å². The number of benzene rings is 1. The van der Waals surface area contributed by atoms with Crippen LogP contribution in [0.4, 0.5) is 11.4 Å². The van der Waals surface area contributed by atoms with Crippen LogP contribution in [0.15, 0.2) is 18.2 Å². The first-order valence-corrected chi connectivity index (χ1v) is 7.41. The maximum Gasteiger partial charge on any atom is 0.311 e. The van der Waals surface area contributed by atoms with Crippen LogP contribution in [0.25, 0.3) is 0 Å². The Hall–Kier alpha value is -1.82. The van der Waals surface area contributed by atoms with Gasteiger partial charge in [0.25, 0.3) is 0 Å². The summed E-state index contributed by atoms with van der Waals surface area (Å²) in [7, 11) is 0. The summed E-state index contributed by atoms with van der Waals surface area (Å²) in [5.74, 6) is 0.269. The van der Waals surface area contributed by atoms with Gasteiger partial charge >= 0.3 is 5.69 Å². The zero-order chi connectivity index (χ0) is 15.3. The Kier molecular flexibility index (Phi) is 5.01. The predicted molar refractivity (Wildman–Crippen MR) is 80.8 cm³/mol. The highest BCUT2D eigenvalue weighted by molar-refractivity contribution is 5.58. The largest absolute Gasteiger partial charge is 0.487 e. The second kappa shape index (κ2) is 6.76. The van der Waals surface area contributed by atoms with Gasteiger partial charge in [0.15, 0.2) is 5.75 Å². The molecule has 1 fully saturated rings. The Bertz CT molecular complexity index is 498. The number of nitrogens with one attached hydrogen (secondary N) is 1. The Labute approximate surface area is 124 Å².